The molecule has 4 nitrogen and oxygen atoms in total. The fourth-order valence-corrected chi connectivity index (χ4v) is 1.82. The predicted molar refractivity (Wildman–Crippen MR) is 57.3 cm³/mol. The van der Waals surface area contributed by atoms with Gasteiger partial charge in [-0.3, -0.25) is 0 Å². The van der Waals surface area contributed by atoms with E-state index in [0.717, 1.165) is 18.9 Å². The van der Waals surface area contributed by atoms with E-state index in [0.29, 0.717) is 0 Å². The molecule has 1 aromatic heterocycles. The van der Waals surface area contributed by atoms with Crippen molar-refractivity contribution in [2.24, 2.45) is 0 Å². The van der Waals surface area contributed by atoms with Crippen molar-refractivity contribution < 1.29 is 9.90 Å². The second-order valence-electron chi connectivity index (χ2n) is 3.76. The summed E-state index contributed by atoms with van der Waals surface area (Å²) in [6.07, 6.45) is 5.10. The smallest absolute Gasteiger partial charge is 0.337 e. The Hall–Kier alpha value is -1.58. The summed E-state index contributed by atoms with van der Waals surface area (Å²) in [5, 5.41) is 8.73. The summed E-state index contributed by atoms with van der Waals surface area (Å²) >= 11 is 0. The van der Waals surface area contributed by atoms with Crippen LogP contribution in [0.3, 0.4) is 0 Å². The molecule has 1 aromatic rings. The van der Waals surface area contributed by atoms with E-state index in [-0.39, 0.29) is 5.56 Å². The number of nitrogens with zero attached hydrogens (tertiary/aromatic N) is 2. The number of rotatable bonds is 2. The standard InChI is InChI=1S/C11H14N2O2/c14-11(15)9-4-5-10(12-8-9)13-6-2-1-3-7-13/h4-5,8H,1-3,6-7H2,(H,14,15). The van der Waals surface area contributed by atoms with Crippen molar-refractivity contribution in [1.29, 1.82) is 0 Å². The molecule has 4 heteroatoms. The molecule has 0 aromatic carbocycles. The first-order valence-corrected chi connectivity index (χ1v) is 5.21. The van der Waals surface area contributed by atoms with E-state index in [4.69, 9.17) is 5.11 Å². The summed E-state index contributed by atoms with van der Waals surface area (Å²) in [4.78, 5) is 17.0. The fourth-order valence-electron chi connectivity index (χ4n) is 1.82. The summed E-state index contributed by atoms with van der Waals surface area (Å²) in [6.45, 7) is 2.05. The lowest BCUT2D eigenvalue weighted by Crippen LogP contribution is -2.30. The molecule has 1 aliphatic rings. The van der Waals surface area contributed by atoms with Gasteiger partial charge in [0.25, 0.3) is 0 Å². The Bertz CT molecular complexity index is 342. The van der Waals surface area contributed by atoms with Crippen LogP contribution in [-0.2, 0) is 0 Å². The number of anilines is 1. The zero-order valence-electron chi connectivity index (χ0n) is 8.52. The minimum atomic E-state index is -0.923. The van der Waals surface area contributed by atoms with Crippen LogP contribution in [0, 0.1) is 0 Å². The Morgan fingerprint density at radius 1 is 1.27 bits per heavy atom. The van der Waals surface area contributed by atoms with Gasteiger partial charge in [-0.2, -0.15) is 0 Å². The van der Waals surface area contributed by atoms with Crippen molar-refractivity contribution >= 4 is 11.8 Å². The Balaban J connectivity index is 2.11. The molecular weight excluding hydrogens is 192 g/mol. The molecule has 2 heterocycles. The quantitative estimate of drug-likeness (QED) is 0.801. The molecule has 0 bridgehead atoms. The van der Waals surface area contributed by atoms with Crippen LogP contribution >= 0.6 is 0 Å². The molecule has 0 unspecified atom stereocenters. The minimum absolute atomic E-state index is 0.246. The number of pyridine rings is 1. The number of carboxylic acid groups (broad SMARTS) is 1. The van der Waals surface area contributed by atoms with Crippen LogP contribution in [0.15, 0.2) is 18.3 Å². The van der Waals surface area contributed by atoms with Crippen molar-refractivity contribution in [2.75, 3.05) is 18.0 Å². The lowest BCUT2D eigenvalue weighted by atomic mass is 10.1. The molecular formula is C11H14N2O2. The van der Waals surface area contributed by atoms with Gasteiger partial charge in [-0.15, -0.1) is 0 Å². The first-order valence-electron chi connectivity index (χ1n) is 5.21. The summed E-state index contributed by atoms with van der Waals surface area (Å²) in [5.41, 5.74) is 0.246. The van der Waals surface area contributed by atoms with E-state index in [2.05, 4.69) is 9.88 Å². The van der Waals surface area contributed by atoms with Gasteiger partial charge >= 0.3 is 5.97 Å². The zero-order chi connectivity index (χ0) is 10.7. The highest BCUT2D eigenvalue weighted by Gasteiger charge is 2.12. The molecule has 80 valence electrons. The Morgan fingerprint density at radius 3 is 2.53 bits per heavy atom. The van der Waals surface area contributed by atoms with Crippen LogP contribution in [-0.4, -0.2) is 29.1 Å². The van der Waals surface area contributed by atoms with E-state index >= 15 is 0 Å². The van der Waals surface area contributed by atoms with Crippen molar-refractivity contribution in [2.45, 2.75) is 19.3 Å². The second-order valence-corrected chi connectivity index (χ2v) is 3.76. The van der Waals surface area contributed by atoms with E-state index in [1.165, 1.54) is 25.5 Å². The van der Waals surface area contributed by atoms with Gasteiger partial charge in [0.15, 0.2) is 0 Å². The van der Waals surface area contributed by atoms with Gasteiger partial charge < -0.3 is 10.0 Å². The Kier molecular flexibility index (Phi) is 2.85. The molecule has 0 aliphatic carbocycles. The summed E-state index contributed by atoms with van der Waals surface area (Å²) in [5.74, 6) is -0.0348. The van der Waals surface area contributed by atoms with Crippen LogP contribution in [0.4, 0.5) is 5.82 Å². The maximum Gasteiger partial charge on any atom is 0.337 e. The van der Waals surface area contributed by atoms with Gasteiger partial charge in [-0.25, -0.2) is 9.78 Å². The van der Waals surface area contributed by atoms with E-state index < -0.39 is 5.97 Å². The molecule has 0 atom stereocenters. The largest absolute Gasteiger partial charge is 0.478 e. The molecule has 0 radical (unpaired) electrons. The summed E-state index contributed by atoms with van der Waals surface area (Å²) < 4.78 is 0. The van der Waals surface area contributed by atoms with Gasteiger partial charge in [0, 0.05) is 19.3 Å². The highest BCUT2D eigenvalue weighted by atomic mass is 16.4. The third kappa shape index (κ3) is 2.26. The number of hydrogen-bond donors (Lipinski definition) is 1. The van der Waals surface area contributed by atoms with Crippen molar-refractivity contribution in [3.05, 3.63) is 23.9 Å². The first kappa shape index (κ1) is 9.96. The Morgan fingerprint density at radius 2 is 2.00 bits per heavy atom. The molecule has 1 fully saturated rings. The Labute approximate surface area is 88.6 Å². The van der Waals surface area contributed by atoms with Gasteiger partial charge in [0.2, 0.25) is 0 Å². The van der Waals surface area contributed by atoms with E-state index in [1.54, 1.807) is 12.1 Å². The predicted octanol–water partition coefficient (Wildman–Crippen LogP) is 1.77. The topological polar surface area (TPSA) is 53.4 Å². The zero-order valence-corrected chi connectivity index (χ0v) is 8.52. The number of hydrogen-bond acceptors (Lipinski definition) is 3. The third-order valence-corrected chi connectivity index (χ3v) is 2.67. The van der Waals surface area contributed by atoms with Crippen LogP contribution < -0.4 is 4.90 Å². The number of carboxylic acids is 1. The SMILES string of the molecule is O=C(O)c1ccc(N2CCCCC2)nc1. The number of piperidine rings is 1. The van der Waals surface area contributed by atoms with Crippen molar-refractivity contribution in [1.82, 2.24) is 4.98 Å². The van der Waals surface area contributed by atoms with Gasteiger partial charge in [0.05, 0.1) is 5.56 Å². The van der Waals surface area contributed by atoms with Crippen molar-refractivity contribution in [3.8, 4) is 0 Å². The van der Waals surface area contributed by atoms with E-state index in [1.807, 2.05) is 0 Å². The number of aromatic carboxylic acids is 1. The van der Waals surface area contributed by atoms with Gasteiger partial charge in [-0.05, 0) is 31.4 Å². The molecule has 1 aliphatic heterocycles. The highest BCUT2D eigenvalue weighted by molar-refractivity contribution is 5.87. The molecule has 0 saturated carbocycles. The molecule has 1 saturated heterocycles. The maximum absolute atomic E-state index is 10.6. The van der Waals surface area contributed by atoms with Crippen LogP contribution in [0.2, 0.25) is 0 Å². The first-order chi connectivity index (χ1) is 7.27. The highest BCUT2D eigenvalue weighted by Crippen LogP contribution is 2.17. The van der Waals surface area contributed by atoms with Crippen molar-refractivity contribution in [3.63, 3.8) is 0 Å². The maximum atomic E-state index is 10.6. The molecule has 1 N–H and O–H groups in total. The third-order valence-electron chi connectivity index (χ3n) is 2.67. The van der Waals surface area contributed by atoms with Crippen LogP contribution in [0.25, 0.3) is 0 Å². The van der Waals surface area contributed by atoms with E-state index in [9.17, 15) is 4.79 Å². The summed E-state index contributed by atoms with van der Waals surface area (Å²) in [7, 11) is 0. The molecule has 0 spiro atoms. The van der Waals surface area contributed by atoms with Gasteiger partial charge in [-0.1, -0.05) is 0 Å². The lowest BCUT2D eigenvalue weighted by molar-refractivity contribution is 0.0696. The number of aromatic nitrogens is 1. The lowest BCUT2D eigenvalue weighted by Gasteiger charge is -2.27. The average molecular weight is 206 g/mol. The molecule has 0 amide bonds. The molecule has 15 heavy (non-hydrogen) atoms. The average Bonchev–Trinajstić information content (AvgIpc) is 2.30. The molecule has 2 rings (SSSR count). The normalized spacial score (nSPS) is 16.4. The number of carbonyl (C=O) groups is 1. The monoisotopic (exact) mass is 206 g/mol. The van der Waals surface area contributed by atoms with Crippen LogP contribution in [0.5, 0.6) is 0 Å². The summed E-state index contributed by atoms with van der Waals surface area (Å²) in [6, 6.07) is 3.40. The fraction of sp³-hybridized carbons (Fsp3) is 0.455. The van der Waals surface area contributed by atoms with Crippen LogP contribution in [0.1, 0.15) is 29.6 Å². The minimum Gasteiger partial charge on any atom is -0.478 e. The second kappa shape index (κ2) is 4.29. The van der Waals surface area contributed by atoms with Gasteiger partial charge in [0.1, 0.15) is 5.82 Å².